The number of aromatic nitrogens is 1. The van der Waals surface area contributed by atoms with E-state index in [0.29, 0.717) is 29.5 Å². The summed E-state index contributed by atoms with van der Waals surface area (Å²) in [6, 6.07) is 9.41. The van der Waals surface area contributed by atoms with E-state index in [1.165, 1.54) is 35.6 Å². The normalized spacial score (nSPS) is 12.3. The fourth-order valence-electron chi connectivity index (χ4n) is 2.94. The molecule has 0 atom stereocenters. The third-order valence-electron chi connectivity index (χ3n) is 4.42. The number of carbonyl (C=O) groups excluding carboxylic acids is 1. The van der Waals surface area contributed by atoms with Gasteiger partial charge in [0.25, 0.3) is 5.91 Å². The molecule has 0 spiro atoms. The van der Waals surface area contributed by atoms with Crippen molar-refractivity contribution in [2.75, 3.05) is 34.2 Å². The SMILES string of the molecule is COCCn1c(=NC(=O)c2cccc(S(C)(=O)=O)c2)sc2c(OC)ccc(OC)c21. The van der Waals surface area contributed by atoms with E-state index in [1.54, 1.807) is 33.5 Å². The summed E-state index contributed by atoms with van der Waals surface area (Å²) < 4.78 is 42.4. The maximum absolute atomic E-state index is 12.8. The monoisotopic (exact) mass is 450 g/mol. The summed E-state index contributed by atoms with van der Waals surface area (Å²) in [7, 11) is 1.29. The van der Waals surface area contributed by atoms with E-state index in [2.05, 4.69) is 4.99 Å². The Hall–Kier alpha value is -2.69. The van der Waals surface area contributed by atoms with Crippen LogP contribution in [0.1, 0.15) is 10.4 Å². The van der Waals surface area contributed by atoms with Gasteiger partial charge in [0.2, 0.25) is 0 Å². The number of hydrogen-bond acceptors (Lipinski definition) is 7. The Morgan fingerprint density at radius 1 is 1.10 bits per heavy atom. The zero-order valence-corrected chi connectivity index (χ0v) is 18.7. The average Bonchev–Trinajstić information content (AvgIpc) is 3.09. The van der Waals surface area contributed by atoms with Crippen molar-refractivity contribution in [2.24, 2.45) is 4.99 Å². The van der Waals surface area contributed by atoms with E-state index >= 15 is 0 Å². The van der Waals surface area contributed by atoms with Gasteiger partial charge in [0, 0.05) is 25.5 Å². The molecule has 0 fully saturated rings. The van der Waals surface area contributed by atoms with Crippen molar-refractivity contribution >= 4 is 37.3 Å². The van der Waals surface area contributed by atoms with Crippen LogP contribution >= 0.6 is 11.3 Å². The van der Waals surface area contributed by atoms with Crippen LogP contribution in [0.3, 0.4) is 0 Å². The Morgan fingerprint density at radius 2 is 1.80 bits per heavy atom. The topological polar surface area (TPSA) is 96.2 Å². The first-order chi connectivity index (χ1) is 14.3. The van der Waals surface area contributed by atoms with Crippen LogP contribution in [0.15, 0.2) is 46.3 Å². The van der Waals surface area contributed by atoms with Crippen LogP contribution in [0.2, 0.25) is 0 Å². The average molecular weight is 451 g/mol. The number of sulfone groups is 1. The molecule has 0 radical (unpaired) electrons. The molecule has 0 aliphatic heterocycles. The molecule has 1 amide bonds. The Morgan fingerprint density at radius 3 is 2.43 bits per heavy atom. The molecule has 30 heavy (non-hydrogen) atoms. The van der Waals surface area contributed by atoms with Crippen molar-refractivity contribution in [3.8, 4) is 11.5 Å². The summed E-state index contributed by atoms with van der Waals surface area (Å²) in [6.45, 7) is 0.840. The Bertz CT molecular complexity index is 1260. The van der Waals surface area contributed by atoms with Gasteiger partial charge in [0.15, 0.2) is 14.6 Å². The van der Waals surface area contributed by atoms with Crippen molar-refractivity contribution in [3.63, 3.8) is 0 Å². The van der Waals surface area contributed by atoms with Gasteiger partial charge in [-0.15, -0.1) is 0 Å². The van der Waals surface area contributed by atoms with Gasteiger partial charge in [0.1, 0.15) is 21.7 Å². The molecule has 0 N–H and O–H groups in total. The van der Waals surface area contributed by atoms with Gasteiger partial charge in [-0.25, -0.2) is 8.42 Å². The molecule has 0 saturated carbocycles. The molecule has 8 nitrogen and oxygen atoms in total. The lowest BCUT2D eigenvalue weighted by Crippen LogP contribution is -2.19. The highest BCUT2D eigenvalue weighted by Gasteiger charge is 2.17. The van der Waals surface area contributed by atoms with Gasteiger partial charge in [-0.3, -0.25) is 4.79 Å². The first kappa shape index (κ1) is 22.0. The summed E-state index contributed by atoms with van der Waals surface area (Å²) in [6.07, 6.45) is 1.09. The lowest BCUT2D eigenvalue weighted by atomic mass is 10.2. The van der Waals surface area contributed by atoms with Gasteiger partial charge in [-0.1, -0.05) is 17.4 Å². The molecule has 0 bridgehead atoms. The maximum atomic E-state index is 12.8. The summed E-state index contributed by atoms with van der Waals surface area (Å²) in [5.74, 6) is 0.706. The number of ether oxygens (including phenoxy) is 3. The summed E-state index contributed by atoms with van der Waals surface area (Å²) in [5.41, 5.74) is 0.933. The molecule has 0 unspecified atom stereocenters. The maximum Gasteiger partial charge on any atom is 0.279 e. The smallest absolute Gasteiger partial charge is 0.279 e. The third-order valence-corrected chi connectivity index (χ3v) is 6.62. The van der Waals surface area contributed by atoms with E-state index in [-0.39, 0.29) is 10.5 Å². The van der Waals surface area contributed by atoms with Crippen molar-refractivity contribution < 1.29 is 27.4 Å². The van der Waals surface area contributed by atoms with Crippen LogP contribution in [-0.4, -0.2) is 53.1 Å². The molecule has 10 heteroatoms. The van der Waals surface area contributed by atoms with E-state index in [4.69, 9.17) is 14.2 Å². The van der Waals surface area contributed by atoms with E-state index in [0.717, 1.165) is 16.5 Å². The van der Waals surface area contributed by atoms with Crippen LogP contribution in [0, 0.1) is 0 Å². The van der Waals surface area contributed by atoms with E-state index in [9.17, 15) is 13.2 Å². The van der Waals surface area contributed by atoms with Crippen molar-refractivity contribution in [2.45, 2.75) is 11.4 Å². The first-order valence-corrected chi connectivity index (χ1v) is 11.6. The lowest BCUT2D eigenvalue weighted by molar-refractivity contribution is 0.0997. The minimum absolute atomic E-state index is 0.0653. The largest absolute Gasteiger partial charge is 0.495 e. The highest BCUT2D eigenvalue weighted by molar-refractivity contribution is 7.90. The predicted molar refractivity (Wildman–Crippen MR) is 114 cm³/mol. The molecule has 160 valence electrons. The van der Waals surface area contributed by atoms with E-state index in [1.807, 2.05) is 4.57 Å². The second kappa shape index (κ2) is 8.99. The molecule has 0 saturated heterocycles. The number of thiazole rings is 1. The number of rotatable bonds is 7. The molecule has 2 aromatic carbocycles. The highest BCUT2D eigenvalue weighted by atomic mass is 32.2. The molecule has 0 aliphatic rings. The van der Waals surface area contributed by atoms with Crippen LogP contribution in [0.4, 0.5) is 0 Å². The molecular weight excluding hydrogens is 428 g/mol. The van der Waals surface area contributed by atoms with Gasteiger partial charge in [-0.2, -0.15) is 4.99 Å². The minimum atomic E-state index is -3.44. The second-order valence-electron chi connectivity index (χ2n) is 6.39. The predicted octanol–water partition coefficient (Wildman–Crippen LogP) is 2.51. The molecule has 1 aromatic heterocycles. The lowest BCUT2D eigenvalue weighted by Gasteiger charge is -2.09. The van der Waals surface area contributed by atoms with Crippen molar-refractivity contribution in [1.82, 2.24) is 4.57 Å². The number of nitrogens with zero attached hydrogens (tertiary/aromatic N) is 2. The van der Waals surface area contributed by atoms with Crippen molar-refractivity contribution in [1.29, 1.82) is 0 Å². The first-order valence-electron chi connectivity index (χ1n) is 8.92. The second-order valence-corrected chi connectivity index (χ2v) is 9.39. The van der Waals surface area contributed by atoms with E-state index < -0.39 is 15.7 Å². The Labute approximate surface area is 178 Å². The number of benzene rings is 2. The van der Waals surface area contributed by atoms with Crippen LogP contribution in [-0.2, 0) is 21.1 Å². The number of fused-ring (bicyclic) bond motifs is 1. The molecule has 1 heterocycles. The highest BCUT2D eigenvalue weighted by Crippen LogP contribution is 2.35. The fraction of sp³-hybridized carbons (Fsp3) is 0.300. The van der Waals surface area contributed by atoms with Gasteiger partial charge >= 0.3 is 0 Å². The molecule has 0 aliphatic carbocycles. The number of hydrogen-bond donors (Lipinski definition) is 0. The number of methoxy groups -OCH3 is 3. The fourth-order valence-corrected chi connectivity index (χ4v) is 4.77. The van der Waals surface area contributed by atoms with Crippen LogP contribution in [0.5, 0.6) is 11.5 Å². The summed E-state index contributed by atoms with van der Waals surface area (Å²) in [5, 5.41) is 0. The quantitative estimate of drug-likeness (QED) is 0.549. The molecule has 3 rings (SSSR count). The standard InChI is InChI=1S/C20H22N2O6S2/c1-26-11-10-22-17-15(27-2)8-9-16(28-3)18(17)29-20(22)21-19(23)13-6-5-7-14(12-13)30(4,24)25/h5-9,12H,10-11H2,1-4H3. The zero-order chi connectivity index (χ0) is 21.9. The van der Waals surface area contributed by atoms with Gasteiger partial charge in [0.05, 0.1) is 25.7 Å². The zero-order valence-electron chi connectivity index (χ0n) is 17.0. The minimum Gasteiger partial charge on any atom is -0.495 e. The summed E-state index contributed by atoms with van der Waals surface area (Å²) in [4.78, 5) is 17.6. The number of carbonyl (C=O) groups is 1. The van der Waals surface area contributed by atoms with Crippen LogP contribution in [0.25, 0.3) is 10.2 Å². The number of amides is 1. The molecular formula is C20H22N2O6S2. The van der Waals surface area contributed by atoms with Gasteiger partial charge in [-0.05, 0) is 30.3 Å². The van der Waals surface area contributed by atoms with Crippen LogP contribution < -0.4 is 14.3 Å². The Balaban J connectivity index is 2.21. The Kier molecular flexibility index (Phi) is 6.59. The molecule has 3 aromatic rings. The summed E-state index contributed by atoms with van der Waals surface area (Å²) >= 11 is 1.28. The third kappa shape index (κ3) is 4.40. The van der Waals surface area contributed by atoms with Gasteiger partial charge < -0.3 is 18.8 Å². The van der Waals surface area contributed by atoms with Crippen molar-refractivity contribution in [3.05, 3.63) is 46.8 Å².